The SMILES string of the molecule is Cc1c(C)n(Cc2ccccc2)c2ccc(-c3nc(-c4ccc(OCC(N)=O)cc4)no3)cc12. The maximum absolute atomic E-state index is 10.9. The van der Waals surface area contributed by atoms with E-state index in [1.165, 1.54) is 27.7 Å². The van der Waals surface area contributed by atoms with Crippen LogP contribution in [0.15, 0.2) is 77.3 Å². The molecule has 0 saturated carbocycles. The standard InChI is InChI=1S/C27H24N4O3/c1-17-18(2)31(15-19-6-4-3-5-7-19)24-13-10-21(14-23(17)24)27-29-26(30-34-27)20-8-11-22(12-9-20)33-16-25(28)32/h3-14H,15-16H2,1-2H3,(H2,28,32). The van der Waals surface area contributed by atoms with E-state index in [9.17, 15) is 4.79 Å². The van der Waals surface area contributed by atoms with Crippen molar-refractivity contribution in [3.05, 3.63) is 89.6 Å². The van der Waals surface area contributed by atoms with Crippen LogP contribution >= 0.6 is 0 Å². The van der Waals surface area contributed by atoms with Crippen molar-refractivity contribution in [1.29, 1.82) is 0 Å². The zero-order valence-corrected chi connectivity index (χ0v) is 19.0. The molecule has 0 aliphatic rings. The van der Waals surface area contributed by atoms with Crippen molar-refractivity contribution in [3.8, 4) is 28.6 Å². The van der Waals surface area contributed by atoms with Crippen LogP contribution in [0.3, 0.4) is 0 Å². The second kappa shape index (κ2) is 8.86. The molecule has 5 aromatic rings. The summed E-state index contributed by atoms with van der Waals surface area (Å²) in [6.07, 6.45) is 0. The summed E-state index contributed by atoms with van der Waals surface area (Å²) >= 11 is 0. The molecule has 0 radical (unpaired) electrons. The van der Waals surface area contributed by atoms with Crippen molar-refractivity contribution in [3.63, 3.8) is 0 Å². The van der Waals surface area contributed by atoms with Gasteiger partial charge in [-0.1, -0.05) is 35.5 Å². The summed E-state index contributed by atoms with van der Waals surface area (Å²) in [7, 11) is 0. The number of carbonyl (C=O) groups is 1. The molecule has 0 aliphatic carbocycles. The first kappa shape index (κ1) is 21.5. The number of fused-ring (bicyclic) bond motifs is 1. The van der Waals surface area contributed by atoms with Gasteiger partial charge in [-0.15, -0.1) is 0 Å². The third-order valence-electron chi connectivity index (χ3n) is 5.99. The predicted molar refractivity (Wildman–Crippen MR) is 130 cm³/mol. The zero-order chi connectivity index (χ0) is 23.7. The number of aromatic nitrogens is 3. The van der Waals surface area contributed by atoms with E-state index in [-0.39, 0.29) is 6.61 Å². The van der Waals surface area contributed by atoms with Gasteiger partial charge >= 0.3 is 0 Å². The first-order valence-corrected chi connectivity index (χ1v) is 11.0. The number of benzene rings is 3. The second-order valence-corrected chi connectivity index (χ2v) is 8.22. The van der Waals surface area contributed by atoms with Crippen molar-refractivity contribution in [2.75, 3.05) is 6.61 Å². The van der Waals surface area contributed by atoms with E-state index < -0.39 is 5.91 Å². The number of rotatable bonds is 7. The maximum Gasteiger partial charge on any atom is 0.258 e. The van der Waals surface area contributed by atoms with E-state index in [1.807, 2.05) is 24.3 Å². The van der Waals surface area contributed by atoms with Crippen LogP contribution in [0, 0.1) is 13.8 Å². The fourth-order valence-electron chi connectivity index (χ4n) is 4.07. The highest BCUT2D eigenvalue weighted by molar-refractivity contribution is 5.89. The number of primary amides is 1. The predicted octanol–water partition coefficient (Wildman–Crippen LogP) is 4.89. The normalized spacial score (nSPS) is 11.1. The van der Waals surface area contributed by atoms with E-state index >= 15 is 0 Å². The van der Waals surface area contributed by atoms with Crippen LogP contribution in [0.4, 0.5) is 0 Å². The zero-order valence-electron chi connectivity index (χ0n) is 19.0. The third kappa shape index (κ3) is 4.15. The van der Waals surface area contributed by atoms with Crippen molar-refractivity contribution in [2.45, 2.75) is 20.4 Å². The van der Waals surface area contributed by atoms with E-state index in [4.69, 9.17) is 15.0 Å². The van der Waals surface area contributed by atoms with Crippen LogP contribution in [0.25, 0.3) is 33.7 Å². The molecule has 7 nitrogen and oxygen atoms in total. The summed E-state index contributed by atoms with van der Waals surface area (Å²) in [5.74, 6) is 0.956. The Morgan fingerprint density at radius 3 is 2.47 bits per heavy atom. The molecule has 2 aromatic heterocycles. The molecule has 0 unspecified atom stereocenters. The molecule has 34 heavy (non-hydrogen) atoms. The molecule has 0 fully saturated rings. The molecule has 170 valence electrons. The van der Waals surface area contributed by atoms with E-state index in [0.717, 1.165) is 17.7 Å². The molecule has 0 spiro atoms. The van der Waals surface area contributed by atoms with Gasteiger partial charge in [0.15, 0.2) is 6.61 Å². The molecule has 0 atom stereocenters. The molecule has 5 rings (SSSR count). The van der Waals surface area contributed by atoms with Gasteiger partial charge in [-0.25, -0.2) is 0 Å². The lowest BCUT2D eigenvalue weighted by Crippen LogP contribution is -2.19. The molecule has 3 aromatic carbocycles. The molecular formula is C27H24N4O3. The highest BCUT2D eigenvalue weighted by Crippen LogP contribution is 2.31. The number of hydrogen-bond donors (Lipinski definition) is 1. The average Bonchev–Trinajstić information content (AvgIpc) is 3.44. The Bertz CT molecular complexity index is 1470. The molecule has 0 bridgehead atoms. The van der Waals surface area contributed by atoms with Crippen molar-refractivity contribution < 1.29 is 14.1 Å². The lowest BCUT2D eigenvalue weighted by atomic mass is 10.1. The number of nitrogens with two attached hydrogens (primary N) is 1. The quantitative estimate of drug-likeness (QED) is 0.379. The van der Waals surface area contributed by atoms with Gasteiger partial charge in [-0.05, 0) is 67.4 Å². The van der Waals surface area contributed by atoms with Gasteiger partial charge in [0.25, 0.3) is 11.8 Å². The molecule has 7 heteroatoms. The van der Waals surface area contributed by atoms with Gasteiger partial charge < -0.3 is 19.6 Å². The summed E-state index contributed by atoms with van der Waals surface area (Å²) in [5.41, 5.74) is 11.7. The first-order valence-electron chi connectivity index (χ1n) is 11.0. The van der Waals surface area contributed by atoms with Gasteiger partial charge in [0, 0.05) is 34.3 Å². The smallest absolute Gasteiger partial charge is 0.258 e. The minimum Gasteiger partial charge on any atom is -0.484 e. The molecule has 0 aliphatic heterocycles. The number of amides is 1. The summed E-state index contributed by atoms with van der Waals surface area (Å²) < 4.78 is 13.2. The fraction of sp³-hybridized carbons (Fsp3) is 0.148. The molecule has 1 amide bonds. The maximum atomic E-state index is 10.9. The summed E-state index contributed by atoms with van der Waals surface area (Å²) in [5, 5.41) is 5.31. The number of ether oxygens (including phenoxy) is 1. The topological polar surface area (TPSA) is 96.2 Å². The van der Waals surface area contributed by atoms with Crippen molar-refractivity contribution in [1.82, 2.24) is 14.7 Å². The Kier molecular flexibility index (Phi) is 5.59. The van der Waals surface area contributed by atoms with Crippen LogP contribution in [0.2, 0.25) is 0 Å². The Hall–Kier alpha value is -4.39. The average molecular weight is 453 g/mol. The Balaban J connectivity index is 1.42. The molecule has 2 heterocycles. The minimum absolute atomic E-state index is 0.167. The highest BCUT2D eigenvalue weighted by Gasteiger charge is 2.16. The minimum atomic E-state index is -0.523. The van der Waals surface area contributed by atoms with Gasteiger partial charge in [0.2, 0.25) is 5.82 Å². The molecule has 2 N–H and O–H groups in total. The van der Waals surface area contributed by atoms with Crippen LogP contribution < -0.4 is 10.5 Å². The highest BCUT2D eigenvalue weighted by atomic mass is 16.5. The van der Waals surface area contributed by atoms with Gasteiger partial charge in [-0.3, -0.25) is 4.79 Å². The Morgan fingerprint density at radius 1 is 1.00 bits per heavy atom. The van der Waals surface area contributed by atoms with Gasteiger partial charge in [0.05, 0.1) is 0 Å². The Labute approximate surface area is 196 Å². The first-order chi connectivity index (χ1) is 16.5. The molecule has 0 saturated heterocycles. The lowest BCUT2D eigenvalue weighted by molar-refractivity contribution is -0.119. The number of carbonyl (C=O) groups excluding carboxylic acids is 1. The van der Waals surface area contributed by atoms with Crippen LogP contribution in [0.5, 0.6) is 5.75 Å². The fourth-order valence-corrected chi connectivity index (χ4v) is 4.07. The van der Waals surface area contributed by atoms with E-state index in [2.05, 4.69) is 65.0 Å². The summed E-state index contributed by atoms with van der Waals surface area (Å²) in [6.45, 7) is 4.95. The second-order valence-electron chi connectivity index (χ2n) is 8.22. The van der Waals surface area contributed by atoms with Gasteiger partial charge in [0.1, 0.15) is 5.75 Å². The lowest BCUT2D eigenvalue weighted by Gasteiger charge is -2.09. The van der Waals surface area contributed by atoms with Crippen molar-refractivity contribution in [2.24, 2.45) is 5.73 Å². The largest absolute Gasteiger partial charge is 0.484 e. The van der Waals surface area contributed by atoms with Crippen LogP contribution in [-0.4, -0.2) is 27.2 Å². The monoisotopic (exact) mass is 452 g/mol. The van der Waals surface area contributed by atoms with Crippen molar-refractivity contribution >= 4 is 16.8 Å². The number of nitrogens with zero attached hydrogens (tertiary/aromatic N) is 3. The molecular weight excluding hydrogens is 428 g/mol. The number of hydrogen-bond acceptors (Lipinski definition) is 5. The van der Waals surface area contributed by atoms with Crippen LogP contribution in [0.1, 0.15) is 16.8 Å². The van der Waals surface area contributed by atoms with E-state index in [1.54, 1.807) is 12.1 Å². The third-order valence-corrected chi connectivity index (χ3v) is 5.99. The summed E-state index contributed by atoms with van der Waals surface area (Å²) in [6, 6.07) is 23.8. The van der Waals surface area contributed by atoms with E-state index in [0.29, 0.717) is 17.5 Å². The summed E-state index contributed by atoms with van der Waals surface area (Å²) in [4.78, 5) is 15.5. The number of aryl methyl sites for hydroxylation is 1. The van der Waals surface area contributed by atoms with Crippen LogP contribution in [-0.2, 0) is 11.3 Å². The van der Waals surface area contributed by atoms with Gasteiger partial charge in [-0.2, -0.15) is 4.98 Å². The Morgan fingerprint density at radius 2 is 1.74 bits per heavy atom.